The first-order chi connectivity index (χ1) is 16.7. The second-order valence-electron chi connectivity index (χ2n) is 8.45. The molecular formula is C29H34O4S. The number of hydrogen-bond donors (Lipinski definition) is 0. The number of rotatable bonds is 11. The third-order valence-corrected chi connectivity index (χ3v) is 6.96. The maximum atomic E-state index is 6.57. The van der Waals surface area contributed by atoms with Crippen molar-refractivity contribution in [1.29, 1.82) is 0 Å². The highest BCUT2D eigenvalue weighted by Gasteiger charge is 2.46. The van der Waals surface area contributed by atoms with Crippen LogP contribution >= 0.6 is 11.8 Å². The average molecular weight is 479 g/mol. The third kappa shape index (κ3) is 6.94. The monoisotopic (exact) mass is 478 g/mol. The molecule has 0 spiro atoms. The van der Waals surface area contributed by atoms with Crippen LogP contribution in [-0.2, 0) is 38.8 Å². The molecule has 34 heavy (non-hydrogen) atoms. The third-order valence-electron chi connectivity index (χ3n) is 5.91. The highest BCUT2D eigenvalue weighted by molar-refractivity contribution is 7.99. The molecule has 3 aromatic carbocycles. The molecule has 0 radical (unpaired) electrons. The molecule has 0 bridgehead atoms. The van der Waals surface area contributed by atoms with Gasteiger partial charge in [0.15, 0.2) is 0 Å². The van der Waals surface area contributed by atoms with Crippen molar-refractivity contribution in [3.05, 3.63) is 108 Å². The largest absolute Gasteiger partial charge is 0.368 e. The quantitative estimate of drug-likeness (QED) is 0.326. The van der Waals surface area contributed by atoms with Gasteiger partial charge in [0.05, 0.1) is 25.9 Å². The van der Waals surface area contributed by atoms with Crippen LogP contribution in [0, 0.1) is 0 Å². The zero-order valence-corrected chi connectivity index (χ0v) is 20.7. The average Bonchev–Trinajstić information content (AvgIpc) is 2.88. The maximum absolute atomic E-state index is 6.57. The molecule has 1 heterocycles. The van der Waals surface area contributed by atoms with Crippen molar-refractivity contribution < 1.29 is 18.9 Å². The Morgan fingerprint density at radius 1 is 0.618 bits per heavy atom. The lowest BCUT2D eigenvalue weighted by molar-refractivity contribution is -0.242. The Balaban J connectivity index is 1.55. The van der Waals surface area contributed by atoms with Crippen LogP contribution in [-0.4, -0.2) is 35.6 Å². The summed E-state index contributed by atoms with van der Waals surface area (Å²) in [6.07, 6.45) is -0.894. The number of thioether (sulfide) groups is 1. The predicted octanol–water partition coefficient (Wildman–Crippen LogP) is 6.24. The van der Waals surface area contributed by atoms with Gasteiger partial charge in [-0.05, 0) is 29.4 Å². The summed E-state index contributed by atoms with van der Waals surface area (Å²) >= 11 is 1.76. The van der Waals surface area contributed by atoms with E-state index in [2.05, 4.69) is 50.2 Å². The molecule has 4 rings (SSSR count). The number of benzene rings is 3. The summed E-state index contributed by atoms with van der Waals surface area (Å²) in [5.41, 5.74) is 3.26. The highest BCUT2D eigenvalue weighted by atomic mass is 32.2. The molecule has 0 unspecified atom stereocenters. The summed E-state index contributed by atoms with van der Waals surface area (Å²) in [5.74, 6) is 0.934. The van der Waals surface area contributed by atoms with Gasteiger partial charge in [-0.1, -0.05) is 97.9 Å². The van der Waals surface area contributed by atoms with Crippen LogP contribution in [0.2, 0.25) is 0 Å². The molecule has 4 nitrogen and oxygen atoms in total. The Labute approximate surface area is 207 Å². The van der Waals surface area contributed by atoms with Gasteiger partial charge in [0.1, 0.15) is 23.7 Å². The zero-order chi connectivity index (χ0) is 23.6. The zero-order valence-electron chi connectivity index (χ0n) is 19.9. The summed E-state index contributed by atoms with van der Waals surface area (Å²) in [4.78, 5) is 0. The van der Waals surface area contributed by atoms with Gasteiger partial charge in [-0.2, -0.15) is 0 Å². The van der Waals surface area contributed by atoms with Crippen LogP contribution in [0.1, 0.15) is 30.5 Å². The second kappa shape index (κ2) is 13.1. The van der Waals surface area contributed by atoms with Crippen LogP contribution in [0.15, 0.2) is 91.0 Å². The van der Waals surface area contributed by atoms with Gasteiger partial charge in [0, 0.05) is 0 Å². The minimum Gasteiger partial charge on any atom is -0.368 e. The van der Waals surface area contributed by atoms with Crippen LogP contribution in [0.4, 0.5) is 0 Å². The molecule has 0 amide bonds. The van der Waals surface area contributed by atoms with Crippen LogP contribution in [0.25, 0.3) is 0 Å². The molecule has 1 aliphatic heterocycles. The van der Waals surface area contributed by atoms with E-state index < -0.39 is 0 Å². The highest BCUT2D eigenvalue weighted by Crippen LogP contribution is 2.34. The van der Waals surface area contributed by atoms with Crippen LogP contribution < -0.4 is 0 Å². The summed E-state index contributed by atoms with van der Waals surface area (Å²) in [7, 11) is 0. The van der Waals surface area contributed by atoms with Crippen molar-refractivity contribution in [1.82, 2.24) is 0 Å². The van der Waals surface area contributed by atoms with Crippen molar-refractivity contribution in [2.75, 3.05) is 5.75 Å². The minimum absolute atomic E-state index is 0.120. The molecular weight excluding hydrogens is 444 g/mol. The first-order valence-corrected chi connectivity index (χ1v) is 13.0. The molecule has 1 fully saturated rings. The molecule has 180 valence electrons. The standard InChI is InChI=1S/C29H34O4S/c1-3-34-29-28(32-21-25-17-11-6-12-18-25)27(31-20-24-15-9-5-10-16-24)26(22(2)33-29)30-19-23-13-7-4-8-14-23/h4-18,22,26-29H,3,19-21H2,1-2H3/t22-,26-,27+,28-,29-/m0/s1. The smallest absolute Gasteiger partial charge is 0.132 e. The minimum atomic E-state index is -0.263. The first-order valence-electron chi connectivity index (χ1n) is 12.0. The topological polar surface area (TPSA) is 36.9 Å². The van der Waals surface area contributed by atoms with Gasteiger partial charge >= 0.3 is 0 Å². The van der Waals surface area contributed by atoms with E-state index in [1.54, 1.807) is 11.8 Å². The van der Waals surface area contributed by atoms with Crippen molar-refractivity contribution in [2.24, 2.45) is 0 Å². The summed E-state index contributed by atoms with van der Waals surface area (Å²) < 4.78 is 26.0. The molecule has 5 heteroatoms. The lowest BCUT2D eigenvalue weighted by Crippen LogP contribution is -2.58. The SMILES string of the molecule is CCS[C@@H]1O[C@@H](C)[C@H](OCc2ccccc2)[C@@H](OCc2ccccc2)[C@@H]1OCc1ccccc1. The van der Waals surface area contributed by atoms with E-state index in [0.29, 0.717) is 19.8 Å². The lowest BCUT2D eigenvalue weighted by atomic mass is 9.99. The summed E-state index contributed by atoms with van der Waals surface area (Å²) in [5, 5.41) is 0. The van der Waals surface area contributed by atoms with Gasteiger partial charge in [-0.15, -0.1) is 11.8 Å². The maximum Gasteiger partial charge on any atom is 0.132 e. The molecule has 1 aliphatic rings. The van der Waals surface area contributed by atoms with E-state index in [1.165, 1.54) is 0 Å². The van der Waals surface area contributed by atoms with E-state index in [4.69, 9.17) is 18.9 Å². The molecule has 0 N–H and O–H groups in total. The molecule has 0 aromatic heterocycles. The first kappa shape index (κ1) is 25.0. The van der Waals surface area contributed by atoms with Gasteiger partial charge in [0.25, 0.3) is 0 Å². The van der Waals surface area contributed by atoms with E-state index >= 15 is 0 Å². The predicted molar refractivity (Wildman–Crippen MR) is 138 cm³/mol. The Bertz CT molecular complexity index is 954. The fraction of sp³-hybridized carbons (Fsp3) is 0.379. The van der Waals surface area contributed by atoms with Crippen molar-refractivity contribution in [2.45, 2.75) is 63.5 Å². The van der Waals surface area contributed by atoms with Crippen molar-refractivity contribution in [3.8, 4) is 0 Å². The molecule has 0 saturated carbocycles. The van der Waals surface area contributed by atoms with Crippen LogP contribution in [0.5, 0.6) is 0 Å². The van der Waals surface area contributed by atoms with Gasteiger partial charge in [-0.25, -0.2) is 0 Å². The lowest BCUT2D eigenvalue weighted by Gasteiger charge is -2.45. The molecule has 5 atom stereocenters. The fourth-order valence-electron chi connectivity index (χ4n) is 4.17. The van der Waals surface area contributed by atoms with E-state index in [-0.39, 0.29) is 29.9 Å². The van der Waals surface area contributed by atoms with Crippen molar-refractivity contribution in [3.63, 3.8) is 0 Å². The van der Waals surface area contributed by atoms with Gasteiger partial charge in [-0.3, -0.25) is 0 Å². The fourth-order valence-corrected chi connectivity index (χ4v) is 5.17. The Morgan fingerprint density at radius 2 is 1.03 bits per heavy atom. The normalized spacial score (nSPS) is 24.7. The van der Waals surface area contributed by atoms with E-state index in [1.807, 2.05) is 54.6 Å². The Hall–Kier alpha value is -2.15. The van der Waals surface area contributed by atoms with Gasteiger partial charge < -0.3 is 18.9 Å². The number of hydrogen-bond acceptors (Lipinski definition) is 5. The Morgan fingerprint density at radius 3 is 1.47 bits per heavy atom. The van der Waals surface area contributed by atoms with E-state index in [9.17, 15) is 0 Å². The molecule has 3 aromatic rings. The van der Waals surface area contributed by atoms with Gasteiger partial charge in [0.2, 0.25) is 0 Å². The summed E-state index contributed by atoms with van der Waals surface area (Å²) in [6, 6.07) is 30.7. The molecule has 0 aliphatic carbocycles. The van der Waals surface area contributed by atoms with Crippen LogP contribution in [0.3, 0.4) is 0 Å². The van der Waals surface area contributed by atoms with E-state index in [0.717, 1.165) is 22.4 Å². The number of ether oxygens (including phenoxy) is 4. The molecule has 1 saturated heterocycles. The van der Waals surface area contributed by atoms with Crippen molar-refractivity contribution >= 4 is 11.8 Å². The second-order valence-corrected chi connectivity index (χ2v) is 9.82. The summed E-state index contributed by atoms with van der Waals surface area (Å²) in [6.45, 7) is 5.72. The Kier molecular flexibility index (Phi) is 9.60.